The van der Waals surface area contributed by atoms with Gasteiger partial charge in [0, 0.05) is 71.7 Å². The van der Waals surface area contributed by atoms with Crippen LogP contribution in [0.25, 0.3) is 0 Å². The molecule has 2 heterocycles. The molecule has 1 fully saturated rings. The molecule has 1 aliphatic heterocycles. The van der Waals surface area contributed by atoms with E-state index >= 15 is 0 Å². The molecule has 2 aromatic rings. The molecule has 0 atom stereocenters. The fourth-order valence-corrected chi connectivity index (χ4v) is 3.36. The first-order valence-electron chi connectivity index (χ1n) is 9.26. The zero-order chi connectivity index (χ0) is 20.1. The number of aromatic nitrogens is 1. The molecular formula is C20H27F2IN6. The lowest BCUT2D eigenvalue weighted by Gasteiger charge is -2.37. The number of nitrogens with zero attached hydrogens (tertiary/aromatic N) is 5. The maximum Gasteiger partial charge on any atom is 0.194 e. The van der Waals surface area contributed by atoms with E-state index in [-0.39, 0.29) is 24.0 Å². The summed E-state index contributed by atoms with van der Waals surface area (Å²) in [7, 11) is 5.67. The SMILES string of the molecule is CN=C(NCc1cccnc1N(C)C)N1CCN(c2cc(F)ccc2F)CC1.I. The molecule has 6 nitrogen and oxygen atoms in total. The van der Waals surface area contributed by atoms with Crippen molar-refractivity contribution in [3.05, 3.63) is 53.7 Å². The fraction of sp³-hybridized carbons (Fsp3) is 0.400. The van der Waals surface area contributed by atoms with Crippen molar-refractivity contribution in [1.82, 2.24) is 15.2 Å². The summed E-state index contributed by atoms with van der Waals surface area (Å²) in [5.41, 5.74) is 1.39. The van der Waals surface area contributed by atoms with Crippen LogP contribution in [0.3, 0.4) is 0 Å². The lowest BCUT2D eigenvalue weighted by molar-refractivity contribution is 0.370. The Morgan fingerprint density at radius 1 is 1.17 bits per heavy atom. The van der Waals surface area contributed by atoms with Crippen molar-refractivity contribution in [1.29, 1.82) is 0 Å². The first-order chi connectivity index (χ1) is 13.5. The van der Waals surface area contributed by atoms with Crippen molar-refractivity contribution in [2.45, 2.75) is 6.54 Å². The van der Waals surface area contributed by atoms with E-state index in [4.69, 9.17) is 0 Å². The van der Waals surface area contributed by atoms with Gasteiger partial charge in [-0.25, -0.2) is 13.8 Å². The Bertz CT molecular complexity index is 837. The number of guanidine groups is 1. The highest BCUT2D eigenvalue weighted by molar-refractivity contribution is 14.0. The molecule has 0 amide bonds. The highest BCUT2D eigenvalue weighted by Crippen LogP contribution is 2.22. The second-order valence-electron chi connectivity index (χ2n) is 6.85. The van der Waals surface area contributed by atoms with Crippen molar-refractivity contribution < 1.29 is 8.78 Å². The second-order valence-corrected chi connectivity index (χ2v) is 6.85. The zero-order valence-corrected chi connectivity index (χ0v) is 19.2. The highest BCUT2D eigenvalue weighted by Gasteiger charge is 2.22. The molecule has 1 N–H and O–H groups in total. The predicted molar refractivity (Wildman–Crippen MR) is 124 cm³/mol. The van der Waals surface area contributed by atoms with Crippen LogP contribution in [0.15, 0.2) is 41.5 Å². The molecule has 29 heavy (non-hydrogen) atoms. The Balaban J connectivity index is 0.00000300. The predicted octanol–water partition coefficient (Wildman–Crippen LogP) is 2.94. The molecule has 158 valence electrons. The van der Waals surface area contributed by atoms with Crippen molar-refractivity contribution in [3.63, 3.8) is 0 Å². The normalized spacial score (nSPS) is 14.4. The summed E-state index contributed by atoms with van der Waals surface area (Å²) in [6.45, 7) is 3.13. The third-order valence-corrected chi connectivity index (χ3v) is 4.77. The number of benzene rings is 1. The Morgan fingerprint density at radius 3 is 2.55 bits per heavy atom. The van der Waals surface area contributed by atoms with Crippen LogP contribution in [-0.4, -0.2) is 63.2 Å². The fourth-order valence-electron chi connectivity index (χ4n) is 3.36. The van der Waals surface area contributed by atoms with E-state index in [2.05, 4.69) is 20.2 Å². The highest BCUT2D eigenvalue weighted by atomic mass is 127. The maximum absolute atomic E-state index is 14.0. The van der Waals surface area contributed by atoms with E-state index in [0.29, 0.717) is 38.4 Å². The minimum absolute atomic E-state index is 0. The number of piperazine rings is 1. The lowest BCUT2D eigenvalue weighted by atomic mass is 10.2. The number of halogens is 3. The summed E-state index contributed by atoms with van der Waals surface area (Å²) in [6.07, 6.45) is 1.78. The van der Waals surface area contributed by atoms with Crippen LogP contribution < -0.4 is 15.1 Å². The van der Waals surface area contributed by atoms with Crippen LogP contribution in [0.1, 0.15) is 5.56 Å². The zero-order valence-electron chi connectivity index (χ0n) is 16.9. The van der Waals surface area contributed by atoms with Crippen LogP contribution in [0.2, 0.25) is 0 Å². The third-order valence-electron chi connectivity index (χ3n) is 4.77. The molecule has 1 saturated heterocycles. The number of hydrogen-bond acceptors (Lipinski definition) is 4. The minimum Gasteiger partial charge on any atom is -0.366 e. The molecule has 1 aromatic carbocycles. The van der Waals surface area contributed by atoms with Gasteiger partial charge in [-0.15, -0.1) is 24.0 Å². The van der Waals surface area contributed by atoms with Crippen molar-refractivity contribution in [3.8, 4) is 0 Å². The van der Waals surface area contributed by atoms with Crippen molar-refractivity contribution >= 4 is 41.4 Å². The van der Waals surface area contributed by atoms with Crippen LogP contribution in [0, 0.1) is 11.6 Å². The molecular weight excluding hydrogens is 489 g/mol. The summed E-state index contributed by atoms with van der Waals surface area (Å²) in [5.74, 6) is 0.874. The summed E-state index contributed by atoms with van der Waals surface area (Å²) in [5, 5.41) is 3.38. The van der Waals surface area contributed by atoms with E-state index in [1.165, 1.54) is 12.1 Å². The molecule has 0 spiro atoms. The largest absolute Gasteiger partial charge is 0.366 e. The van der Waals surface area contributed by atoms with Gasteiger partial charge in [-0.3, -0.25) is 4.99 Å². The molecule has 0 radical (unpaired) electrons. The van der Waals surface area contributed by atoms with Crippen molar-refractivity contribution in [2.75, 3.05) is 57.1 Å². The summed E-state index contributed by atoms with van der Waals surface area (Å²) in [6, 6.07) is 7.52. The number of nitrogens with one attached hydrogen (secondary N) is 1. The van der Waals surface area contributed by atoms with E-state index in [0.717, 1.165) is 23.4 Å². The van der Waals surface area contributed by atoms with E-state index < -0.39 is 11.6 Å². The number of anilines is 2. The molecule has 3 rings (SSSR count). The van der Waals surface area contributed by atoms with Crippen LogP contribution in [0.4, 0.5) is 20.3 Å². The van der Waals surface area contributed by atoms with Crippen LogP contribution in [0.5, 0.6) is 0 Å². The van der Waals surface area contributed by atoms with Gasteiger partial charge in [0.15, 0.2) is 5.96 Å². The molecule has 0 unspecified atom stereocenters. The van der Waals surface area contributed by atoms with Crippen LogP contribution in [-0.2, 0) is 6.54 Å². The average molecular weight is 516 g/mol. The van der Waals surface area contributed by atoms with E-state index in [9.17, 15) is 8.78 Å². The van der Waals surface area contributed by atoms with E-state index in [1.807, 2.05) is 36.0 Å². The topological polar surface area (TPSA) is 47.0 Å². The number of rotatable bonds is 4. The van der Waals surface area contributed by atoms with Gasteiger partial charge in [-0.2, -0.15) is 0 Å². The van der Waals surface area contributed by atoms with Crippen molar-refractivity contribution in [2.24, 2.45) is 4.99 Å². The first-order valence-corrected chi connectivity index (χ1v) is 9.26. The monoisotopic (exact) mass is 516 g/mol. The standard InChI is InChI=1S/C20H26F2N6.HI/c1-23-20(25-14-15-5-4-8-24-19(15)26(2)3)28-11-9-27(10-12-28)18-13-16(21)6-7-17(18)22;/h4-8,13H,9-12,14H2,1-3H3,(H,23,25);1H. The Labute approximate surface area is 187 Å². The van der Waals surface area contributed by atoms with E-state index in [1.54, 1.807) is 13.2 Å². The van der Waals surface area contributed by atoms with Gasteiger partial charge < -0.3 is 20.0 Å². The molecule has 1 aromatic heterocycles. The number of aliphatic imine (C=N–C) groups is 1. The van der Waals surface area contributed by atoms with Gasteiger partial charge in [0.25, 0.3) is 0 Å². The molecule has 1 aliphatic rings. The van der Waals surface area contributed by atoms with Gasteiger partial charge in [0.05, 0.1) is 5.69 Å². The molecule has 0 saturated carbocycles. The van der Waals surface area contributed by atoms with Gasteiger partial charge in [-0.05, 0) is 18.2 Å². The van der Waals surface area contributed by atoms with Crippen LogP contribution >= 0.6 is 24.0 Å². The average Bonchev–Trinajstić information content (AvgIpc) is 2.71. The summed E-state index contributed by atoms with van der Waals surface area (Å²) < 4.78 is 27.5. The number of pyridine rings is 1. The summed E-state index contributed by atoms with van der Waals surface area (Å²) in [4.78, 5) is 14.8. The Morgan fingerprint density at radius 2 is 1.90 bits per heavy atom. The first kappa shape index (κ1) is 23.1. The molecule has 9 heteroatoms. The minimum atomic E-state index is -0.426. The van der Waals surface area contributed by atoms with Gasteiger partial charge in [-0.1, -0.05) is 6.07 Å². The summed E-state index contributed by atoms with van der Waals surface area (Å²) >= 11 is 0. The Kier molecular flexibility index (Phi) is 8.42. The maximum atomic E-state index is 14.0. The smallest absolute Gasteiger partial charge is 0.194 e. The van der Waals surface area contributed by atoms with Gasteiger partial charge >= 0.3 is 0 Å². The van der Waals surface area contributed by atoms with Gasteiger partial charge in [0.1, 0.15) is 17.5 Å². The second kappa shape index (κ2) is 10.6. The quantitative estimate of drug-likeness (QED) is 0.385. The number of hydrogen-bond donors (Lipinski definition) is 1. The Hall–Kier alpha value is -2.17. The molecule has 0 bridgehead atoms. The molecule has 0 aliphatic carbocycles. The van der Waals surface area contributed by atoms with Gasteiger partial charge in [0.2, 0.25) is 0 Å². The lowest BCUT2D eigenvalue weighted by Crippen LogP contribution is -2.52. The third kappa shape index (κ3) is 5.68.